The molecule has 3 heterocycles. The number of fused-ring (bicyclic) bond motifs is 1. The van der Waals surface area contributed by atoms with Gasteiger partial charge in [0, 0.05) is 43.8 Å². The van der Waals surface area contributed by atoms with E-state index >= 15 is 0 Å². The number of carbonyl (C=O) groups is 1. The monoisotopic (exact) mass is 388 g/mol. The number of halogens is 1. The summed E-state index contributed by atoms with van der Waals surface area (Å²) in [5.41, 5.74) is 1.42. The number of nitrogens with zero attached hydrogens (tertiary/aromatic N) is 2. The molecule has 0 atom stereocenters. The molecule has 26 heavy (non-hydrogen) atoms. The highest BCUT2D eigenvalue weighted by molar-refractivity contribution is 7.07. The molecule has 0 radical (unpaired) electrons. The van der Waals surface area contributed by atoms with Crippen LogP contribution in [0.1, 0.15) is 16.1 Å². The lowest BCUT2D eigenvalue weighted by Gasteiger charge is -2.34. The van der Waals surface area contributed by atoms with Crippen LogP contribution in [0, 0.1) is 0 Å². The van der Waals surface area contributed by atoms with Crippen molar-refractivity contribution >= 4 is 39.8 Å². The highest BCUT2D eigenvalue weighted by Gasteiger charge is 2.24. The molecule has 3 aromatic rings. The maximum absolute atomic E-state index is 12.7. The van der Waals surface area contributed by atoms with Gasteiger partial charge < -0.3 is 9.32 Å². The van der Waals surface area contributed by atoms with Gasteiger partial charge >= 0.3 is 0 Å². The van der Waals surface area contributed by atoms with Crippen LogP contribution in [0.25, 0.3) is 11.0 Å². The minimum Gasteiger partial charge on any atom is -0.451 e. The second kappa shape index (κ2) is 7.23. The van der Waals surface area contributed by atoms with E-state index in [1.807, 2.05) is 0 Å². The van der Waals surface area contributed by atoms with Crippen molar-refractivity contribution in [1.29, 1.82) is 0 Å². The lowest BCUT2D eigenvalue weighted by molar-refractivity contribution is 0.0598. The molecule has 7 heteroatoms. The van der Waals surface area contributed by atoms with E-state index in [0.29, 0.717) is 29.1 Å². The Hall–Kier alpha value is -2.15. The third-order valence-electron chi connectivity index (χ3n) is 4.55. The van der Waals surface area contributed by atoms with Crippen LogP contribution in [-0.4, -0.2) is 41.9 Å². The van der Waals surface area contributed by atoms with E-state index in [1.165, 1.54) is 11.6 Å². The van der Waals surface area contributed by atoms with Crippen molar-refractivity contribution in [2.75, 3.05) is 26.2 Å². The number of amides is 1. The van der Waals surface area contributed by atoms with Gasteiger partial charge in [-0.1, -0.05) is 11.6 Å². The summed E-state index contributed by atoms with van der Waals surface area (Å²) in [6.45, 7) is 3.73. The summed E-state index contributed by atoms with van der Waals surface area (Å²) in [4.78, 5) is 29.1. The summed E-state index contributed by atoms with van der Waals surface area (Å²) in [5, 5.41) is 5.07. The molecular weight excluding hydrogens is 372 g/mol. The first kappa shape index (κ1) is 17.3. The van der Waals surface area contributed by atoms with E-state index < -0.39 is 0 Å². The molecule has 0 unspecified atom stereocenters. The fourth-order valence-electron chi connectivity index (χ4n) is 3.14. The predicted molar refractivity (Wildman–Crippen MR) is 103 cm³/mol. The summed E-state index contributed by atoms with van der Waals surface area (Å²) in [6.07, 6.45) is 0. The zero-order chi connectivity index (χ0) is 18.1. The Morgan fingerprint density at radius 3 is 2.69 bits per heavy atom. The molecule has 0 aliphatic carbocycles. The third kappa shape index (κ3) is 3.53. The Kier molecular flexibility index (Phi) is 4.80. The first-order valence-corrected chi connectivity index (χ1v) is 9.68. The minimum absolute atomic E-state index is 0.0797. The van der Waals surface area contributed by atoms with Crippen molar-refractivity contribution in [2.24, 2.45) is 0 Å². The lowest BCUT2D eigenvalue weighted by atomic mass is 10.2. The Labute approximate surface area is 159 Å². The van der Waals surface area contributed by atoms with Crippen molar-refractivity contribution < 1.29 is 9.21 Å². The van der Waals surface area contributed by atoms with E-state index in [9.17, 15) is 9.59 Å². The molecule has 1 aromatic carbocycles. The maximum Gasteiger partial charge on any atom is 0.289 e. The molecule has 1 aliphatic rings. The van der Waals surface area contributed by atoms with Crippen LogP contribution in [0.4, 0.5) is 0 Å². The molecule has 4 rings (SSSR count). The van der Waals surface area contributed by atoms with Gasteiger partial charge in [-0.3, -0.25) is 14.5 Å². The predicted octanol–water partition coefficient (Wildman–Crippen LogP) is 3.47. The molecule has 0 spiro atoms. The largest absolute Gasteiger partial charge is 0.451 e. The summed E-state index contributed by atoms with van der Waals surface area (Å²) in [7, 11) is 0. The van der Waals surface area contributed by atoms with Crippen LogP contribution in [0.5, 0.6) is 0 Å². The van der Waals surface area contributed by atoms with Crippen LogP contribution in [-0.2, 0) is 6.54 Å². The first-order valence-electron chi connectivity index (χ1n) is 8.36. The van der Waals surface area contributed by atoms with Gasteiger partial charge in [0.2, 0.25) is 0 Å². The Bertz CT molecular complexity index is 992. The number of carbonyl (C=O) groups excluding carboxylic acids is 1. The minimum atomic E-state index is -0.256. The molecular formula is C19H17ClN2O3S. The van der Waals surface area contributed by atoms with Crippen LogP contribution < -0.4 is 5.43 Å². The molecule has 0 bridgehead atoms. The highest BCUT2D eigenvalue weighted by Crippen LogP contribution is 2.19. The van der Waals surface area contributed by atoms with Crippen molar-refractivity contribution in [1.82, 2.24) is 9.80 Å². The van der Waals surface area contributed by atoms with Gasteiger partial charge in [-0.2, -0.15) is 11.3 Å². The molecule has 134 valence electrons. The Balaban J connectivity index is 1.47. The number of benzene rings is 1. The van der Waals surface area contributed by atoms with Crippen LogP contribution in [0.15, 0.2) is 50.3 Å². The maximum atomic E-state index is 12.7. The second-order valence-corrected chi connectivity index (χ2v) is 7.53. The standard InChI is InChI=1S/C19H17ClN2O3S/c20-14-1-2-17-15(9-14)16(23)10-18(25-17)19(24)22-6-4-21(5-7-22)11-13-3-8-26-12-13/h1-3,8-10,12H,4-7,11H2. The van der Waals surface area contributed by atoms with Crippen molar-refractivity contribution in [3.8, 4) is 0 Å². The molecule has 0 N–H and O–H groups in total. The quantitative estimate of drug-likeness (QED) is 0.689. The Morgan fingerprint density at radius 2 is 1.96 bits per heavy atom. The van der Waals surface area contributed by atoms with Gasteiger partial charge in [-0.05, 0) is 40.6 Å². The van der Waals surface area contributed by atoms with E-state index in [2.05, 4.69) is 21.7 Å². The number of hydrogen-bond donors (Lipinski definition) is 0. The van der Waals surface area contributed by atoms with Gasteiger partial charge in [0.25, 0.3) is 5.91 Å². The van der Waals surface area contributed by atoms with Gasteiger partial charge in [0.1, 0.15) is 5.58 Å². The average Bonchev–Trinajstić information content (AvgIpc) is 3.15. The third-order valence-corrected chi connectivity index (χ3v) is 5.51. The Morgan fingerprint density at radius 1 is 1.15 bits per heavy atom. The smallest absolute Gasteiger partial charge is 0.289 e. The molecule has 5 nitrogen and oxygen atoms in total. The van der Waals surface area contributed by atoms with Gasteiger partial charge in [-0.15, -0.1) is 0 Å². The van der Waals surface area contributed by atoms with Crippen LogP contribution >= 0.6 is 22.9 Å². The van der Waals surface area contributed by atoms with Crippen molar-refractivity contribution in [3.05, 3.63) is 67.7 Å². The molecule has 1 fully saturated rings. The average molecular weight is 389 g/mol. The SMILES string of the molecule is O=C(c1cc(=O)c2cc(Cl)ccc2o1)N1CCN(Cc2ccsc2)CC1. The molecule has 0 saturated carbocycles. The van der Waals surface area contributed by atoms with Gasteiger partial charge in [0.05, 0.1) is 5.39 Å². The molecule has 1 saturated heterocycles. The second-order valence-electron chi connectivity index (χ2n) is 6.32. The van der Waals surface area contributed by atoms with Gasteiger partial charge in [-0.25, -0.2) is 0 Å². The van der Waals surface area contributed by atoms with Crippen LogP contribution in [0.3, 0.4) is 0 Å². The van der Waals surface area contributed by atoms with Crippen molar-refractivity contribution in [3.63, 3.8) is 0 Å². The highest BCUT2D eigenvalue weighted by atomic mass is 35.5. The van der Waals surface area contributed by atoms with E-state index in [0.717, 1.165) is 19.6 Å². The fourth-order valence-corrected chi connectivity index (χ4v) is 3.97. The van der Waals surface area contributed by atoms with Crippen LogP contribution in [0.2, 0.25) is 5.02 Å². The summed E-state index contributed by atoms with van der Waals surface area (Å²) < 4.78 is 5.66. The van der Waals surface area contributed by atoms with E-state index in [-0.39, 0.29) is 17.1 Å². The number of piperazine rings is 1. The van der Waals surface area contributed by atoms with E-state index in [1.54, 1.807) is 34.4 Å². The van der Waals surface area contributed by atoms with Crippen molar-refractivity contribution in [2.45, 2.75) is 6.54 Å². The molecule has 2 aromatic heterocycles. The first-order chi connectivity index (χ1) is 12.6. The summed E-state index contributed by atoms with van der Waals surface area (Å²) >= 11 is 7.61. The summed E-state index contributed by atoms with van der Waals surface area (Å²) in [6, 6.07) is 8.20. The zero-order valence-electron chi connectivity index (χ0n) is 14.0. The zero-order valence-corrected chi connectivity index (χ0v) is 15.6. The van der Waals surface area contributed by atoms with E-state index in [4.69, 9.17) is 16.0 Å². The normalized spacial score (nSPS) is 15.5. The topological polar surface area (TPSA) is 53.8 Å². The number of thiophene rings is 1. The number of rotatable bonds is 3. The number of hydrogen-bond acceptors (Lipinski definition) is 5. The molecule has 1 amide bonds. The summed E-state index contributed by atoms with van der Waals surface area (Å²) in [5.74, 6) is -0.162. The van der Waals surface area contributed by atoms with Gasteiger partial charge in [0.15, 0.2) is 11.2 Å². The lowest BCUT2D eigenvalue weighted by Crippen LogP contribution is -2.48. The molecule has 1 aliphatic heterocycles. The fraction of sp³-hybridized carbons (Fsp3) is 0.263.